The van der Waals surface area contributed by atoms with Crippen molar-refractivity contribution in [3.05, 3.63) is 38.1 Å². The Labute approximate surface area is 86.0 Å². The molecule has 0 unspecified atom stereocenters. The van der Waals surface area contributed by atoms with Crippen molar-refractivity contribution in [2.45, 2.75) is 0 Å². The second-order valence-corrected chi connectivity index (χ2v) is 3.26. The molecule has 0 aliphatic rings. The molecule has 0 atom stereocenters. The summed E-state index contributed by atoms with van der Waals surface area (Å²) >= 11 is 2.78. The smallest absolute Gasteiger partial charge is 0.318 e. The van der Waals surface area contributed by atoms with Gasteiger partial charge < -0.3 is 5.73 Å². The van der Waals surface area contributed by atoms with Gasteiger partial charge in [-0.3, -0.25) is 14.9 Å². The number of hydrogen-bond donors (Lipinski definition) is 1. The molecule has 0 heterocycles. The molecule has 0 aliphatic heterocycles. The fourth-order valence-electron chi connectivity index (χ4n) is 0.882. The molecule has 0 fully saturated rings. The number of nitro benzene ring substituents is 1. The van der Waals surface area contributed by atoms with Gasteiger partial charge in [0.2, 0.25) is 11.7 Å². The van der Waals surface area contributed by atoms with Crippen LogP contribution in [0.2, 0.25) is 0 Å². The Hall–Kier alpha value is -1.50. The van der Waals surface area contributed by atoms with E-state index >= 15 is 0 Å². The highest BCUT2D eigenvalue weighted by Gasteiger charge is 2.21. The van der Waals surface area contributed by atoms with E-state index in [1.54, 1.807) is 0 Å². The van der Waals surface area contributed by atoms with Crippen molar-refractivity contribution in [1.82, 2.24) is 0 Å². The van der Waals surface area contributed by atoms with Crippen molar-refractivity contribution in [1.29, 1.82) is 0 Å². The molecule has 0 bridgehead atoms. The molecular formula is C7H4BrFN2O3. The van der Waals surface area contributed by atoms with Crippen molar-refractivity contribution in [2.24, 2.45) is 5.73 Å². The first-order chi connectivity index (χ1) is 6.43. The Morgan fingerprint density at radius 3 is 2.50 bits per heavy atom. The number of amides is 1. The maximum absolute atomic E-state index is 13.0. The molecule has 1 aromatic rings. The lowest BCUT2D eigenvalue weighted by Crippen LogP contribution is -2.11. The van der Waals surface area contributed by atoms with Gasteiger partial charge in [-0.2, -0.15) is 4.39 Å². The van der Waals surface area contributed by atoms with Crippen LogP contribution in [0.5, 0.6) is 0 Å². The van der Waals surface area contributed by atoms with Crippen LogP contribution in [0.4, 0.5) is 10.1 Å². The van der Waals surface area contributed by atoms with Crippen molar-refractivity contribution >= 4 is 27.5 Å². The standard InChI is InChI=1S/C7H4BrFN2O3/c8-4-1-3(7(10)12)2-5(9)6(4)11(13)14/h1-2H,(H2,10,12). The summed E-state index contributed by atoms with van der Waals surface area (Å²) < 4.78 is 12.9. The van der Waals surface area contributed by atoms with E-state index in [9.17, 15) is 19.3 Å². The topological polar surface area (TPSA) is 86.2 Å². The molecule has 0 radical (unpaired) electrons. The van der Waals surface area contributed by atoms with Gasteiger partial charge in [-0.15, -0.1) is 0 Å². The summed E-state index contributed by atoms with van der Waals surface area (Å²) in [6.07, 6.45) is 0. The number of carbonyl (C=O) groups is 1. The molecule has 7 heteroatoms. The van der Waals surface area contributed by atoms with Crippen molar-refractivity contribution in [3.63, 3.8) is 0 Å². The zero-order valence-corrected chi connectivity index (χ0v) is 8.25. The Morgan fingerprint density at radius 1 is 1.57 bits per heavy atom. The van der Waals surface area contributed by atoms with E-state index in [0.717, 1.165) is 12.1 Å². The molecule has 14 heavy (non-hydrogen) atoms. The second-order valence-electron chi connectivity index (χ2n) is 2.41. The quantitative estimate of drug-likeness (QED) is 0.649. The number of benzene rings is 1. The minimum absolute atomic E-state index is 0.115. The van der Waals surface area contributed by atoms with Crippen molar-refractivity contribution in [3.8, 4) is 0 Å². The summed E-state index contributed by atoms with van der Waals surface area (Å²) in [5.74, 6) is -1.95. The van der Waals surface area contributed by atoms with Crippen LogP contribution in [0, 0.1) is 15.9 Å². The minimum atomic E-state index is -1.10. The summed E-state index contributed by atoms with van der Waals surface area (Å²) in [6, 6.07) is 1.83. The first-order valence-electron chi connectivity index (χ1n) is 3.36. The number of nitrogens with two attached hydrogens (primary N) is 1. The molecule has 0 saturated carbocycles. The molecule has 0 aliphatic carbocycles. The molecule has 2 N–H and O–H groups in total. The van der Waals surface area contributed by atoms with E-state index in [-0.39, 0.29) is 10.0 Å². The van der Waals surface area contributed by atoms with Crippen LogP contribution in [-0.4, -0.2) is 10.8 Å². The number of nitrogens with zero attached hydrogens (tertiary/aromatic N) is 1. The highest BCUT2D eigenvalue weighted by Crippen LogP contribution is 2.28. The number of hydrogen-bond acceptors (Lipinski definition) is 3. The zero-order valence-electron chi connectivity index (χ0n) is 6.66. The third-order valence-corrected chi connectivity index (χ3v) is 2.09. The molecular weight excluding hydrogens is 259 g/mol. The highest BCUT2D eigenvalue weighted by molar-refractivity contribution is 9.10. The van der Waals surface area contributed by atoms with Gasteiger partial charge in [0, 0.05) is 5.56 Å². The first-order valence-corrected chi connectivity index (χ1v) is 4.16. The van der Waals surface area contributed by atoms with Crippen LogP contribution in [0.1, 0.15) is 10.4 Å². The van der Waals surface area contributed by atoms with Crippen LogP contribution in [-0.2, 0) is 0 Å². The van der Waals surface area contributed by atoms with Crippen molar-refractivity contribution in [2.75, 3.05) is 0 Å². The number of primary amides is 1. The first kappa shape index (κ1) is 10.6. The summed E-state index contributed by atoms with van der Waals surface area (Å²) in [4.78, 5) is 20.1. The lowest BCUT2D eigenvalue weighted by Gasteiger charge is -1.99. The fraction of sp³-hybridized carbons (Fsp3) is 0. The highest BCUT2D eigenvalue weighted by atomic mass is 79.9. The van der Waals surface area contributed by atoms with Crippen LogP contribution >= 0.6 is 15.9 Å². The SMILES string of the molecule is NC(=O)c1cc(F)c([N+](=O)[O-])c(Br)c1. The van der Waals surface area contributed by atoms with E-state index in [1.807, 2.05) is 0 Å². The minimum Gasteiger partial charge on any atom is -0.366 e. The zero-order chi connectivity index (χ0) is 10.9. The molecule has 0 spiro atoms. The lowest BCUT2D eigenvalue weighted by molar-refractivity contribution is -0.388. The molecule has 0 saturated heterocycles. The van der Waals surface area contributed by atoms with Gasteiger partial charge in [-0.25, -0.2) is 0 Å². The Kier molecular flexibility index (Phi) is 2.80. The molecule has 1 rings (SSSR count). The van der Waals surface area contributed by atoms with E-state index in [1.165, 1.54) is 0 Å². The predicted molar refractivity (Wildman–Crippen MR) is 49.3 cm³/mol. The van der Waals surface area contributed by atoms with Gasteiger partial charge >= 0.3 is 5.69 Å². The predicted octanol–water partition coefficient (Wildman–Crippen LogP) is 1.60. The Morgan fingerprint density at radius 2 is 2.14 bits per heavy atom. The van der Waals surface area contributed by atoms with Crippen molar-refractivity contribution < 1.29 is 14.1 Å². The van der Waals surface area contributed by atoms with E-state index in [2.05, 4.69) is 15.9 Å². The molecule has 5 nitrogen and oxygen atoms in total. The average Bonchev–Trinajstić information content (AvgIpc) is 2.01. The number of rotatable bonds is 2. The second kappa shape index (κ2) is 3.70. The summed E-state index contributed by atoms with van der Waals surface area (Å²) in [5, 5.41) is 10.3. The van der Waals surface area contributed by atoms with Gasteiger partial charge in [0.25, 0.3) is 0 Å². The maximum Gasteiger partial charge on any atom is 0.318 e. The average molecular weight is 263 g/mol. The van der Waals surface area contributed by atoms with Crippen LogP contribution in [0.15, 0.2) is 16.6 Å². The number of nitro groups is 1. The summed E-state index contributed by atoms with van der Waals surface area (Å²) in [5.41, 5.74) is 4.04. The number of halogens is 2. The molecule has 0 aromatic heterocycles. The van der Waals surface area contributed by atoms with Crippen LogP contribution in [0.25, 0.3) is 0 Å². The van der Waals surface area contributed by atoms with E-state index in [4.69, 9.17) is 5.73 Å². The maximum atomic E-state index is 13.0. The molecule has 1 amide bonds. The summed E-state index contributed by atoms with van der Waals surface area (Å²) in [7, 11) is 0. The number of carbonyl (C=O) groups excluding carboxylic acids is 1. The monoisotopic (exact) mass is 262 g/mol. The third-order valence-electron chi connectivity index (χ3n) is 1.48. The van der Waals surface area contributed by atoms with Gasteiger partial charge in [0.15, 0.2) is 0 Å². The summed E-state index contributed by atoms with van der Waals surface area (Å²) in [6.45, 7) is 0. The van der Waals surface area contributed by atoms with Crippen LogP contribution in [0.3, 0.4) is 0 Å². The van der Waals surface area contributed by atoms with Crippen LogP contribution < -0.4 is 5.73 Å². The molecule has 1 aromatic carbocycles. The van der Waals surface area contributed by atoms with Gasteiger partial charge in [-0.1, -0.05) is 0 Å². The van der Waals surface area contributed by atoms with Gasteiger partial charge in [0.1, 0.15) is 0 Å². The Bertz CT molecular complexity index is 398. The van der Waals surface area contributed by atoms with Gasteiger partial charge in [0.05, 0.1) is 9.40 Å². The Balaban J connectivity index is 3.39. The molecule has 74 valence electrons. The largest absolute Gasteiger partial charge is 0.366 e. The normalized spacial score (nSPS) is 9.86. The van der Waals surface area contributed by atoms with E-state index in [0.29, 0.717) is 0 Å². The van der Waals surface area contributed by atoms with Gasteiger partial charge in [-0.05, 0) is 28.1 Å². The third kappa shape index (κ3) is 1.87. The lowest BCUT2D eigenvalue weighted by atomic mass is 10.2. The van der Waals surface area contributed by atoms with E-state index < -0.39 is 22.3 Å². The fourth-order valence-corrected chi connectivity index (χ4v) is 1.46.